The standard InChI is InChI=1S/C14H15BrFN3O3S2/c15-12-5-6-13(23-12)24(20,21)19-10-1-3-11(4-2-10)22-14-17-7-9(16)8-18-14/h5-8,10-11,19H,1-4H2. The number of sulfonamides is 1. The highest BCUT2D eigenvalue weighted by Gasteiger charge is 2.27. The Balaban J connectivity index is 1.52. The summed E-state index contributed by atoms with van der Waals surface area (Å²) in [5.41, 5.74) is 0. The van der Waals surface area contributed by atoms with Gasteiger partial charge in [-0.25, -0.2) is 27.5 Å². The van der Waals surface area contributed by atoms with E-state index >= 15 is 0 Å². The van der Waals surface area contributed by atoms with Gasteiger partial charge in [0, 0.05) is 6.04 Å². The Morgan fingerprint density at radius 3 is 2.46 bits per heavy atom. The molecule has 1 N–H and O–H groups in total. The number of hydrogen-bond donors (Lipinski definition) is 1. The van der Waals surface area contributed by atoms with Gasteiger partial charge in [0.1, 0.15) is 10.3 Å². The minimum Gasteiger partial charge on any atom is -0.460 e. The Bertz CT molecular complexity index is 790. The third-order valence-corrected chi connectivity index (χ3v) is 7.31. The van der Waals surface area contributed by atoms with Crippen molar-refractivity contribution in [1.29, 1.82) is 0 Å². The van der Waals surface area contributed by atoms with Gasteiger partial charge in [0.05, 0.1) is 16.2 Å². The van der Waals surface area contributed by atoms with Crippen molar-refractivity contribution < 1.29 is 17.5 Å². The lowest BCUT2D eigenvalue weighted by Gasteiger charge is -2.28. The lowest BCUT2D eigenvalue weighted by atomic mass is 9.94. The predicted octanol–water partition coefficient (Wildman–Crippen LogP) is 3.11. The zero-order valence-corrected chi connectivity index (χ0v) is 15.7. The number of aromatic nitrogens is 2. The third-order valence-electron chi connectivity index (χ3n) is 3.68. The number of nitrogens with zero attached hydrogens (tertiary/aromatic N) is 2. The highest BCUT2D eigenvalue weighted by atomic mass is 79.9. The number of halogens is 2. The molecular weight excluding hydrogens is 421 g/mol. The van der Waals surface area contributed by atoms with Gasteiger partial charge in [0.2, 0.25) is 10.0 Å². The van der Waals surface area contributed by atoms with Gasteiger partial charge in [-0.15, -0.1) is 11.3 Å². The summed E-state index contributed by atoms with van der Waals surface area (Å²) in [7, 11) is -3.49. The number of rotatable bonds is 5. The zero-order chi connectivity index (χ0) is 17.2. The summed E-state index contributed by atoms with van der Waals surface area (Å²) in [6.45, 7) is 0. The van der Waals surface area contributed by atoms with Crippen LogP contribution in [0, 0.1) is 5.82 Å². The molecule has 10 heteroatoms. The largest absolute Gasteiger partial charge is 0.460 e. The molecule has 1 saturated carbocycles. The van der Waals surface area contributed by atoms with Crippen molar-refractivity contribution >= 4 is 37.3 Å². The molecule has 2 heterocycles. The summed E-state index contributed by atoms with van der Waals surface area (Å²) in [6.07, 6.45) is 4.72. The van der Waals surface area contributed by atoms with Crippen LogP contribution >= 0.6 is 27.3 Å². The van der Waals surface area contributed by atoms with Gasteiger partial charge in [-0.1, -0.05) is 0 Å². The van der Waals surface area contributed by atoms with Crippen LogP contribution in [0.5, 0.6) is 6.01 Å². The quantitative estimate of drug-likeness (QED) is 0.779. The fourth-order valence-electron chi connectivity index (χ4n) is 2.53. The highest BCUT2D eigenvalue weighted by Crippen LogP contribution is 2.28. The van der Waals surface area contributed by atoms with Crippen LogP contribution in [0.3, 0.4) is 0 Å². The van der Waals surface area contributed by atoms with Crippen molar-refractivity contribution in [2.45, 2.75) is 42.0 Å². The predicted molar refractivity (Wildman–Crippen MR) is 91.0 cm³/mol. The van der Waals surface area contributed by atoms with Gasteiger partial charge in [-0.05, 0) is 53.7 Å². The molecule has 0 saturated heterocycles. The van der Waals surface area contributed by atoms with Gasteiger partial charge in [-0.2, -0.15) is 0 Å². The first-order chi connectivity index (χ1) is 11.4. The molecular formula is C14H15BrFN3O3S2. The summed E-state index contributed by atoms with van der Waals surface area (Å²) in [4.78, 5) is 7.54. The first kappa shape index (κ1) is 17.7. The van der Waals surface area contributed by atoms with E-state index in [9.17, 15) is 12.8 Å². The minimum absolute atomic E-state index is 0.0907. The molecule has 0 bridgehead atoms. The van der Waals surface area contributed by atoms with E-state index in [2.05, 4.69) is 30.6 Å². The first-order valence-corrected chi connectivity index (χ1v) is 10.4. The Morgan fingerprint density at radius 2 is 1.88 bits per heavy atom. The van der Waals surface area contributed by atoms with E-state index in [4.69, 9.17) is 4.74 Å². The highest BCUT2D eigenvalue weighted by molar-refractivity contribution is 9.11. The fourth-order valence-corrected chi connectivity index (χ4v) is 5.86. The molecule has 0 amide bonds. The lowest BCUT2D eigenvalue weighted by molar-refractivity contribution is 0.132. The van der Waals surface area contributed by atoms with E-state index in [-0.39, 0.29) is 18.2 Å². The van der Waals surface area contributed by atoms with Crippen LogP contribution in [-0.2, 0) is 10.0 Å². The van der Waals surface area contributed by atoms with Crippen molar-refractivity contribution in [3.63, 3.8) is 0 Å². The maximum absolute atomic E-state index is 12.8. The molecule has 130 valence electrons. The molecule has 0 aliphatic heterocycles. The van der Waals surface area contributed by atoms with Gasteiger partial charge >= 0.3 is 6.01 Å². The fraction of sp³-hybridized carbons (Fsp3) is 0.429. The number of ether oxygens (including phenoxy) is 1. The Morgan fingerprint density at radius 1 is 1.21 bits per heavy atom. The van der Waals surface area contributed by atoms with E-state index < -0.39 is 15.8 Å². The monoisotopic (exact) mass is 435 g/mol. The molecule has 1 aliphatic rings. The number of hydrogen-bond acceptors (Lipinski definition) is 6. The summed E-state index contributed by atoms with van der Waals surface area (Å²) >= 11 is 4.45. The summed E-state index contributed by atoms with van der Waals surface area (Å²) in [5, 5.41) is 0. The van der Waals surface area contributed by atoms with Gasteiger partial charge < -0.3 is 4.74 Å². The molecule has 0 aromatic carbocycles. The van der Waals surface area contributed by atoms with Crippen LogP contribution < -0.4 is 9.46 Å². The van der Waals surface area contributed by atoms with E-state index in [1.54, 1.807) is 12.1 Å². The SMILES string of the molecule is O=S(=O)(NC1CCC(Oc2ncc(F)cn2)CC1)c1ccc(Br)s1. The molecule has 2 aromatic rings. The van der Waals surface area contributed by atoms with Crippen molar-refractivity contribution in [2.24, 2.45) is 0 Å². The van der Waals surface area contributed by atoms with E-state index in [1.165, 1.54) is 11.3 Å². The van der Waals surface area contributed by atoms with Crippen molar-refractivity contribution in [3.05, 3.63) is 34.1 Å². The minimum atomic E-state index is -3.49. The van der Waals surface area contributed by atoms with E-state index in [0.717, 1.165) is 16.2 Å². The Labute approximate surface area is 151 Å². The maximum Gasteiger partial charge on any atom is 0.316 e. The Kier molecular flexibility index (Phi) is 5.48. The average Bonchev–Trinajstić information content (AvgIpc) is 2.99. The third kappa shape index (κ3) is 4.50. The zero-order valence-electron chi connectivity index (χ0n) is 12.5. The molecule has 2 aromatic heterocycles. The molecule has 1 fully saturated rings. The smallest absolute Gasteiger partial charge is 0.316 e. The molecule has 6 nitrogen and oxygen atoms in total. The van der Waals surface area contributed by atoms with E-state index in [1.807, 2.05) is 0 Å². The van der Waals surface area contributed by atoms with Crippen LogP contribution in [0.1, 0.15) is 25.7 Å². The van der Waals surface area contributed by atoms with Crippen LogP contribution in [0.4, 0.5) is 4.39 Å². The van der Waals surface area contributed by atoms with Gasteiger partial charge in [0.15, 0.2) is 5.82 Å². The second kappa shape index (κ2) is 7.42. The summed E-state index contributed by atoms with van der Waals surface area (Å²) in [5.74, 6) is -0.513. The van der Waals surface area contributed by atoms with Gasteiger partial charge in [-0.3, -0.25) is 0 Å². The average molecular weight is 436 g/mol. The number of nitrogens with one attached hydrogen (secondary N) is 1. The second-order valence-corrected chi connectivity index (χ2v) is 9.86. The first-order valence-electron chi connectivity index (χ1n) is 7.34. The maximum atomic E-state index is 12.8. The number of thiophene rings is 1. The van der Waals surface area contributed by atoms with Crippen LogP contribution in [0.25, 0.3) is 0 Å². The summed E-state index contributed by atoms with van der Waals surface area (Å²) < 4.78 is 46.8. The lowest BCUT2D eigenvalue weighted by Crippen LogP contribution is -2.39. The van der Waals surface area contributed by atoms with Crippen LogP contribution in [0.2, 0.25) is 0 Å². The van der Waals surface area contributed by atoms with Crippen LogP contribution in [0.15, 0.2) is 32.5 Å². The molecule has 3 rings (SSSR count). The molecule has 0 spiro atoms. The molecule has 0 radical (unpaired) electrons. The molecule has 0 unspecified atom stereocenters. The van der Waals surface area contributed by atoms with Crippen molar-refractivity contribution in [1.82, 2.24) is 14.7 Å². The molecule has 0 atom stereocenters. The normalized spacial score (nSPS) is 21.6. The van der Waals surface area contributed by atoms with Crippen molar-refractivity contribution in [2.75, 3.05) is 0 Å². The Hall–Kier alpha value is -1.10. The van der Waals surface area contributed by atoms with E-state index in [0.29, 0.717) is 29.9 Å². The topological polar surface area (TPSA) is 81.2 Å². The van der Waals surface area contributed by atoms with Crippen LogP contribution in [-0.4, -0.2) is 30.5 Å². The second-order valence-electron chi connectivity index (χ2n) is 5.46. The summed E-state index contributed by atoms with van der Waals surface area (Å²) in [6, 6.07) is 3.32. The molecule has 24 heavy (non-hydrogen) atoms. The van der Waals surface area contributed by atoms with Gasteiger partial charge in [0.25, 0.3) is 0 Å². The molecule has 1 aliphatic carbocycles. The van der Waals surface area contributed by atoms with Crippen molar-refractivity contribution in [3.8, 4) is 6.01 Å².